The van der Waals surface area contributed by atoms with Crippen molar-refractivity contribution in [3.05, 3.63) is 93.5 Å². The van der Waals surface area contributed by atoms with Crippen molar-refractivity contribution in [2.75, 3.05) is 10.8 Å². The summed E-state index contributed by atoms with van der Waals surface area (Å²) in [4.78, 5) is 29.0. The van der Waals surface area contributed by atoms with Gasteiger partial charge in [-0.2, -0.15) is 0 Å². The fourth-order valence-corrected chi connectivity index (χ4v) is 6.28. The Labute approximate surface area is 253 Å². The van der Waals surface area contributed by atoms with Crippen LogP contribution in [0.2, 0.25) is 10.0 Å². The number of nitrogens with zero attached hydrogens (tertiary/aromatic N) is 2. The monoisotopic (exact) mass is 617 g/mol. The Hall–Kier alpha value is -3.07. The zero-order valence-corrected chi connectivity index (χ0v) is 26.4. The maximum Gasteiger partial charge on any atom is 0.264 e. The largest absolute Gasteiger partial charge is 0.352 e. The normalized spacial score (nSPS) is 12.9. The van der Waals surface area contributed by atoms with E-state index in [1.807, 2.05) is 58.9 Å². The zero-order valence-electron chi connectivity index (χ0n) is 24.0. The summed E-state index contributed by atoms with van der Waals surface area (Å²) in [6.07, 6.45) is 1.06. The van der Waals surface area contributed by atoms with E-state index in [0.29, 0.717) is 6.42 Å². The Balaban J connectivity index is 2.10. The van der Waals surface area contributed by atoms with Gasteiger partial charge in [0.15, 0.2) is 0 Å². The summed E-state index contributed by atoms with van der Waals surface area (Å²) in [7, 11) is -4.25. The van der Waals surface area contributed by atoms with Crippen molar-refractivity contribution < 1.29 is 18.0 Å². The number of hydrogen-bond donors (Lipinski definition) is 1. The van der Waals surface area contributed by atoms with Crippen LogP contribution in [0.1, 0.15) is 50.3 Å². The molecule has 0 radical (unpaired) electrons. The van der Waals surface area contributed by atoms with Crippen LogP contribution >= 0.6 is 23.2 Å². The van der Waals surface area contributed by atoms with Gasteiger partial charge in [-0.3, -0.25) is 13.9 Å². The fraction of sp³-hybridized carbons (Fsp3) is 0.355. The van der Waals surface area contributed by atoms with Crippen LogP contribution in [0.15, 0.2) is 71.6 Å². The lowest BCUT2D eigenvalue weighted by atomic mass is 10.1. The molecule has 0 fully saturated rings. The van der Waals surface area contributed by atoms with E-state index in [2.05, 4.69) is 5.32 Å². The van der Waals surface area contributed by atoms with Gasteiger partial charge in [-0.05, 0) is 63.4 Å². The molecule has 0 aromatic heterocycles. The van der Waals surface area contributed by atoms with Crippen LogP contribution in [0.25, 0.3) is 0 Å². The van der Waals surface area contributed by atoms with Crippen molar-refractivity contribution in [1.29, 1.82) is 0 Å². The maximum atomic E-state index is 14.2. The van der Waals surface area contributed by atoms with Gasteiger partial charge in [-0.15, -0.1) is 0 Å². The highest BCUT2D eigenvalue weighted by molar-refractivity contribution is 7.92. The van der Waals surface area contributed by atoms with E-state index in [1.165, 1.54) is 23.1 Å². The third-order valence-corrected chi connectivity index (χ3v) is 9.49. The van der Waals surface area contributed by atoms with Gasteiger partial charge < -0.3 is 10.2 Å². The average molecular weight is 619 g/mol. The molecule has 1 N–H and O–H groups in total. The molecular weight excluding hydrogens is 581 g/mol. The molecule has 220 valence electrons. The first-order valence-corrected chi connectivity index (χ1v) is 15.8. The van der Waals surface area contributed by atoms with Crippen molar-refractivity contribution in [1.82, 2.24) is 10.2 Å². The summed E-state index contributed by atoms with van der Waals surface area (Å²) < 4.78 is 29.0. The number of rotatable bonds is 12. The van der Waals surface area contributed by atoms with Crippen LogP contribution in [0.4, 0.5) is 5.69 Å². The third kappa shape index (κ3) is 8.03. The van der Waals surface area contributed by atoms with Crippen LogP contribution in [0, 0.1) is 13.8 Å². The molecule has 2 amide bonds. The summed E-state index contributed by atoms with van der Waals surface area (Å²) in [5.74, 6) is -0.846. The molecule has 0 spiro atoms. The van der Waals surface area contributed by atoms with Gasteiger partial charge in [0, 0.05) is 12.6 Å². The predicted octanol–water partition coefficient (Wildman–Crippen LogP) is 6.53. The second-order valence-corrected chi connectivity index (χ2v) is 12.8. The Morgan fingerprint density at radius 2 is 1.56 bits per heavy atom. The molecule has 0 saturated carbocycles. The number of carbonyl (C=O) groups is 2. The molecule has 3 aromatic carbocycles. The van der Waals surface area contributed by atoms with E-state index in [1.54, 1.807) is 24.3 Å². The van der Waals surface area contributed by atoms with Crippen molar-refractivity contribution in [3.8, 4) is 0 Å². The number of aryl methyl sites for hydroxylation is 2. The second kappa shape index (κ2) is 14.2. The highest BCUT2D eigenvalue weighted by atomic mass is 35.5. The van der Waals surface area contributed by atoms with Gasteiger partial charge >= 0.3 is 0 Å². The first-order valence-electron chi connectivity index (χ1n) is 13.6. The van der Waals surface area contributed by atoms with Crippen LogP contribution in [-0.4, -0.2) is 43.8 Å². The smallest absolute Gasteiger partial charge is 0.264 e. The van der Waals surface area contributed by atoms with Crippen LogP contribution in [0.3, 0.4) is 0 Å². The zero-order chi connectivity index (χ0) is 30.3. The van der Waals surface area contributed by atoms with Crippen molar-refractivity contribution in [2.45, 2.75) is 71.0 Å². The fourth-order valence-electron chi connectivity index (χ4n) is 4.40. The average Bonchev–Trinajstić information content (AvgIpc) is 2.93. The minimum absolute atomic E-state index is 0.00117. The maximum absolute atomic E-state index is 14.2. The number of halogens is 2. The quantitative estimate of drug-likeness (QED) is 0.250. The van der Waals surface area contributed by atoms with E-state index in [4.69, 9.17) is 23.2 Å². The van der Waals surface area contributed by atoms with E-state index < -0.39 is 28.5 Å². The minimum Gasteiger partial charge on any atom is -0.352 e. The molecule has 2 atom stereocenters. The first kappa shape index (κ1) is 32.4. The molecule has 0 aliphatic carbocycles. The number of anilines is 1. The third-order valence-electron chi connectivity index (χ3n) is 6.91. The summed E-state index contributed by atoms with van der Waals surface area (Å²) in [6.45, 7) is 9.01. The minimum atomic E-state index is -4.25. The molecule has 7 nitrogen and oxygen atoms in total. The Morgan fingerprint density at radius 3 is 2.17 bits per heavy atom. The summed E-state index contributed by atoms with van der Waals surface area (Å²) in [6, 6.07) is 17.7. The lowest BCUT2D eigenvalue weighted by Crippen LogP contribution is -2.53. The van der Waals surface area contributed by atoms with E-state index >= 15 is 0 Å². The lowest BCUT2D eigenvalue weighted by molar-refractivity contribution is -0.140. The number of amides is 2. The van der Waals surface area contributed by atoms with E-state index in [-0.39, 0.29) is 39.1 Å². The predicted molar refractivity (Wildman–Crippen MR) is 166 cm³/mol. The summed E-state index contributed by atoms with van der Waals surface area (Å²) in [5, 5.41) is 3.13. The summed E-state index contributed by atoms with van der Waals surface area (Å²) >= 11 is 12.8. The number of carbonyl (C=O) groups excluding carboxylic acids is 2. The van der Waals surface area contributed by atoms with Gasteiger partial charge in [-0.1, -0.05) is 90.6 Å². The van der Waals surface area contributed by atoms with Gasteiger partial charge in [0.2, 0.25) is 11.8 Å². The van der Waals surface area contributed by atoms with Gasteiger partial charge in [0.1, 0.15) is 12.6 Å². The molecule has 0 heterocycles. The standard InChI is InChI=1S/C31H37Cl2N3O4S/c1-6-23(5)34-31(38)27(7-2)35(19-24-11-8-10-22(4)18-24)29(37)20-36(28-13-9-12-26(32)30(28)33)41(39,40)25-16-14-21(3)15-17-25/h8-18,23,27H,6-7,19-20H2,1-5H3,(H,34,38). The second-order valence-electron chi connectivity index (χ2n) is 10.2. The molecule has 0 aliphatic heterocycles. The van der Waals surface area contributed by atoms with E-state index in [0.717, 1.165) is 27.4 Å². The molecule has 0 aliphatic rings. The molecule has 3 rings (SSSR count). The highest BCUT2D eigenvalue weighted by Gasteiger charge is 2.35. The molecule has 10 heteroatoms. The molecule has 2 unspecified atom stereocenters. The van der Waals surface area contributed by atoms with Gasteiger partial charge in [0.05, 0.1) is 20.6 Å². The van der Waals surface area contributed by atoms with Gasteiger partial charge in [0.25, 0.3) is 10.0 Å². The van der Waals surface area contributed by atoms with Crippen LogP contribution in [-0.2, 0) is 26.2 Å². The van der Waals surface area contributed by atoms with Crippen molar-refractivity contribution in [2.24, 2.45) is 0 Å². The van der Waals surface area contributed by atoms with Crippen molar-refractivity contribution >= 4 is 50.7 Å². The number of hydrogen-bond acceptors (Lipinski definition) is 4. The Kier molecular flexibility index (Phi) is 11.2. The lowest BCUT2D eigenvalue weighted by Gasteiger charge is -2.34. The first-order chi connectivity index (χ1) is 19.4. The number of benzene rings is 3. The molecule has 3 aromatic rings. The summed E-state index contributed by atoms with van der Waals surface area (Å²) in [5.41, 5.74) is 2.78. The van der Waals surface area contributed by atoms with E-state index in [9.17, 15) is 18.0 Å². The molecule has 41 heavy (non-hydrogen) atoms. The molecular formula is C31H37Cl2N3O4S. The number of sulfonamides is 1. The van der Waals surface area contributed by atoms with Gasteiger partial charge in [-0.25, -0.2) is 8.42 Å². The molecule has 0 bridgehead atoms. The highest BCUT2D eigenvalue weighted by Crippen LogP contribution is 2.35. The van der Waals surface area contributed by atoms with Crippen molar-refractivity contribution in [3.63, 3.8) is 0 Å². The van der Waals surface area contributed by atoms with Crippen LogP contribution in [0.5, 0.6) is 0 Å². The van der Waals surface area contributed by atoms with Crippen LogP contribution < -0.4 is 9.62 Å². The molecule has 0 saturated heterocycles. The Bertz CT molecular complexity index is 1480. The topological polar surface area (TPSA) is 86.8 Å². The Morgan fingerprint density at radius 1 is 0.902 bits per heavy atom. The number of nitrogens with one attached hydrogen (secondary N) is 1. The SMILES string of the molecule is CCC(C)NC(=O)C(CC)N(Cc1cccc(C)c1)C(=O)CN(c1cccc(Cl)c1Cl)S(=O)(=O)c1ccc(C)cc1.